The molecule has 0 bridgehead atoms. The Morgan fingerprint density at radius 1 is 1.00 bits per heavy atom. The van der Waals surface area contributed by atoms with Crippen LogP contribution in [0.15, 0.2) is 53.4 Å². The van der Waals surface area contributed by atoms with Crippen molar-refractivity contribution in [3.8, 4) is 0 Å². The molecule has 2 aromatic carbocycles. The molecule has 110 valence electrons. The van der Waals surface area contributed by atoms with Crippen LogP contribution in [0.3, 0.4) is 0 Å². The van der Waals surface area contributed by atoms with Crippen LogP contribution < -0.4 is 10.0 Å². The van der Waals surface area contributed by atoms with E-state index in [0.717, 1.165) is 0 Å². The van der Waals surface area contributed by atoms with E-state index in [2.05, 4.69) is 10.0 Å². The van der Waals surface area contributed by atoms with Crippen molar-refractivity contribution in [2.45, 2.75) is 4.90 Å². The fraction of sp³-hybridized carbons (Fsp3) is 0.0714. The molecule has 2 N–H and O–H groups in total. The molecule has 5 nitrogen and oxygen atoms in total. The van der Waals surface area contributed by atoms with Crippen molar-refractivity contribution in [1.82, 2.24) is 5.32 Å². The standard InChI is InChI=1S/C14H13ClN2O3S/c1-16-14(18)10-2-8-13(9-3-10)21(19,20)17-12-6-4-11(15)5-7-12/h2-9,17H,1H3,(H,16,18). The molecule has 0 fully saturated rings. The van der Waals surface area contributed by atoms with Gasteiger partial charge in [0.15, 0.2) is 0 Å². The number of amides is 1. The minimum Gasteiger partial charge on any atom is -0.355 e. The van der Waals surface area contributed by atoms with Crippen molar-refractivity contribution >= 4 is 33.2 Å². The molecular weight excluding hydrogens is 312 g/mol. The molecule has 0 heterocycles. The van der Waals surface area contributed by atoms with Crippen molar-refractivity contribution in [1.29, 1.82) is 0 Å². The summed E-state index contributed by atoms with van der Waals surface area (Å²) in [5.74, 6) is -0.274. The predicted octanol–water partition coefficient (Wildman–Crippen LogP) is 2.50. The number of hydrogen-bond acceptors (Lipinski definition) is 3. The zero-order valence-corrected chi connectivity index (χ0v) is 12.7. The van der Waals surface area contributed by atoms with Gasteiger partial charge >= 0.3 is 0 Å². The van der Waals surface area contributed by atoms with Crippen LogP contribution in [0.1, 0.15) is 10.4 Å². The number of carbonyl (C=O) groups is 1. The van der Waals surface area contributed by atoms with Crippen molar-refractivity contribution in [2.75, 3.05) is 11.8 Å². The second-order valence-corrected chi connectivity index (χ2v) is 6.33. The molecule has 2 aromatic rings. The van der Waals surface area contributed by atoms with Crippen molar-refractivity contribution in [3.63, 3.8) is 0 Å². The maximum absolute atomic E-state index is 12.2. The van der Waals surface area contributed by atoms with Crippen molar-refractivity contribution in [3.05, 3.63) is 59.1 Å². The fourth-order valence-electron chi connectivity index (χ4n) is 1.66. The summed E-state index contributed by atoms with van der Waals surface area (Å²) in [6, 6.07) is 12.0. The molecule has 21 heavy (non-hydrogen) atoms. The van der Waals surface area contributed by atoms with Gasteiger partial charge in [-0.2, -0.15) is 0 Å². The first kappa shape index (κ1) is 15.3. The number of benzene rings is 2. The van der Waals surface area contributed by atoms with Gasteiger partial charge in [-0.25, -0.2) is 8.42 Å². The highest BCUT2D eigenvalue weighted by Crippen LogP contribution is 2.18. The topological polar surface area (TPSA) is 75.3 Å². The molecule has 7 heteroatoms. The number of hydrogen-bond donors (Lipinski definition) is 2. The number of halogens is 1. The lowest BCUT2D eigenvalue weighted by Gasteiger charge is -2.08. The summed E-state index contributed by atoms with van der Waals surface area (Å²) in [6.07, 6.45) is 0. The Bertz CT molecular complexity index is 741. The Balaban J connectivity index is 2.23. The summed E-state index contributed by atoms with van der Waals surface area (Å²) in [5, 5.41) is 2.99. The maximum atomic E-state index is 12.2. The summed E-state index contributed by atoms with van der Waals surface area (Å²) in [6.45, 7) is 0. The largest absolute Gasteiger partial charge is 0.355 e. The van der Waals surface area contributed by atoms with Gasteiger partial charge in [-0.3, -0.25) is 9.52 Å². The third-order valence-corrected chi connectivity index (χ3v) is 4.40. The third-order valence-electron chi connectivity index (χ3n) is 2.75. The average Bonchev–Trinajstić information content (AvgIpc) is 2.49. The van der Waals surface area contributed by atoms with E-state index in [-0.39, 0.29) is 10.8 Å². The van der Waals surface area contributed by atoms with E-state index in [1.165, 1.54) is 31.3 Å². The number of sulfonamides is 1. The molecule has 0 spiro atoms. The molecule has 2 rings (SSSR count). The van der Waals surface area contributed by atoms with Gasteiger partial charge in [-0.1, -0.05) is 11.6 Å². The lowest BCUT2D eigenvalue weighted by Crippen LogP contribution is -2.18. The van der Waals surface area contributed by atoms with Crippen molar-refractivity contribution in [2.24, 2.45) is 0 Å². The van der Waals surface area contributed by atoms with Gasteiger partial charge in [-0.15, -0.1) is 0 Å². The first-order chi connectivity index (χ1) is 9.92. The normalized spacial score (nSPS) is 11.0. The molecule has 0 radical (unpaired) electrons. The van der Waals surface area contributed by atoms with Crippen LogP contribution >= 0.6 is 11.6 Å². The maximum Gasteiger partial charge on any atom is 0.261 e. The Labute approximate surface area is 128 Å². The third kappa shape index (κ3) is 3.74. The van der Waals surface area contributed by atoms with Gasteiger partial charge < -0.3 is 5.32 Å². The summed E-state index contributed by atoms with van der Waals surface area (Å²) in [4.78, 5) is 11.5. The van der Waals surface area contributed by atoms with Crippen LogP contribution in [0.4, 0.5) is 5.69 Å². The lowest BCUT2D eigenvalue weighted by atomic mass is 10.2. The summed E-state index contributed by atoms with van der Waals surface area (Å²) in [5.41, 5.74) is 0.803. The first-order valence-corrected chi connectivity index (χ1v) is 7.89. The molecule has 0 unspecified atom stereocenters. The lowest BCUT2D eigenvalue weighted by molar-refractivity contribution is 0.0963. The number of anilines is 1. The van der Waals surface area contributed by atoms with E-state index in [9.17, 15) is 13.2 Å². The smallest absolute Gasteiger partial charge is 0.261 e. The molecule has 0 aliphatic carbocycles. The minimum absolute atomic E-state index is 0.0742. The molecule has 0 aromatic heterocycles. The predicted molar refractivity (Wildman–Crippen MR) is 82.1 cm³/mol. The molecular formula is C14H13ClN2O3S. The van der Waals surface area contributed by atoms with E-state index < -0.39 is 10.0 Å². The molecule has 0 aliphatic heterocycles. The Kier molecular flexibility index (Phi) is 4.50. The van der Waals surface area contributed by atoms with Crippen LogP contribution in [0.2, 0.25) is 5.02 Å². The monoisotopic (exact) mass is 324 g/mol. The minimum atomic E-state index is -3.70. The van der Waals surface area contributed by atoms with Gasteiger partial charge in [0.25, 0.3) is 15.9 Å². The van der Waals surface area contributed by atoms with Gasteiger partial charge in [0.2, 0.25) is 0 Å². The summed E-state index contributed by atoms with van der Waals surface area (Å²) >= 11 is 5.75. The number of nitrogens with one attached hydrogen (secondary N) is 2. The summed E-state index contributed by atoms with van der Waals surface area (Å²) < 4.78 is 26.8. The molecule has 0 saturated carbocycles. The zero-order valence-electron chi connectivity index (χ0n) is 11.1. The van der Waals surface area contributed by atoms with E-state index in [0.29, 0.717) is 16.3 Å². The quantitative estimate of drug-likeness (QED) is 0.907. The van der Waals surface area contributed by atoms with E-state index in [4.69, 9.17) is 11.6 Å². The van der Waals surface area contributed by atoms with Gasteiger partial charge in [0.05, 0.1) is 4.90 Å². The zero-order chi connectivity index (χ0) is 15.5. The van der Waals surface area contributed by atoms with Crippen LogP contribution in [0, 0.1) is 0 Å². The van der Waals surface area contributed by atoms with Crippen molar-refractivity contribution < 1.29 is 13.2 Å². The van der Waals surface area contributed by atoms with Crippen LogP contribution in [0.5, 0.6) is 0 Å². The average molecular weight is 325 g/mol. The van der Waals surface area contributed by atoms with Crippen LogP contribution in [-0.4, -0.2) is 21.4 Å². The van der Waals surface area contributed by atoms with E-state index in [1.807, 2.05) is 0 Å². The second-order valence-electron chi connectivity index (χ2n) is 4.22. The number of carbonyl (C=O) groups excluding carboxylic acids is 1. The van der Waals surface area contributed by atoms with Gasteiger partial charge in [-0.05, 0) is 48.5 Å². The van der Waals surface area contributed by atoms with E-state index in [1.54, 1.807) is 24.3 Å². The van der Waals surface area contributed by atoms with Crippen LogP contribution in [-0.2, 0) is 10.0 Å². The summed E-state index contributed by atoms with van der Waals surface area (Å²) in [7, 11) is -2.19. The number of rotatable bonds is 4. The fourth-order valence-corrected chi connectivity index (χ4v) is 2.85. The highest BCUT2D eigenvalue weighted by molar-refractivity contribution is 7.92. The Hall–Kier alpha value is -2.05. The van der Waals surface area contributed by atoms with Gasteiger partial charge in [0.1, 0.15) is 0 Å². The highest BCUT2D eigenvalue weighted by Gasteiger charge is 2.14. The Morgan fingerprint density at radius 2 is 1.57 bits per heavy atom. The SMILES string of the molecule is CNC(=O)c1ccc(S(=O)(=O)Nc2ccc(Cl)cc2)cc1. The molecule has 0 atom stereocenters. The molecule has 1 amide bonds. The highest BCUT2D eigenvalue weighted by atomic mass is 35.5. The first-order valence-electron chi connectivity index (χ1n) is 6.03. The molecule has 0 aliphatic rings. The second kappa shape index (κ2) is 6.15. The van der Waals surface area contributed by atoms with E-state index >= 15 is 0 Å². The van der Waals surface area contributed by atoms with Gasteiger partial charge in [0, 0.05) is 23.3 Å². The Morgan fingerprint density at radius 3 is 2.10 bits per heavy atom. The molecule has 0 saturated heterocycles. The van der Waals surface area contributed by atoms with Crippen LogP contribution in [0.25, 0.3) is 0 Å².